The van der Waals surface area contributed by atoms with Crippen LogP contribution in [0.5, 0.6) is 0 Å². The molecule has 146 valence electrons. The minimum atomic E-state index is 0.0543. The summed E-state index contributed by atoms with van der Waals surface area (Å²) in [5.74, 6) is 0.181. The maximum atomic E-state index is 12.8. The molecule has 1 aliphatic rings. The molecule has 4 heteroatoms. The Hall–Kier alpha value is -3.24. The minimum absolute atomic E-state index is 0.0543. The van der Waals surface area contributed by atoms with Gasteiger partial charge >= 0.3 is 0 Å². The molecule has 0 radical (unpaired) electrons. The first kappa shape index (κ1) is 19.1. The van der Waals surface area contributed by atoms with Crippen LogP contribution in [-0.4, -0.2) is 54.2 Å². The van der Waals surface area contributed by atoms with Gasteiger partial charge in [-0.2, -0.15) is 0 Å². The fraction of sp³-hybridized carbons (Fsp3) is 0.200. The molecule has 4 nitrogen and oxygen atoms in total. The van der Waals surface area contributed by atoms with E-state index in [1.54, 1.807) is 0 Å². The zero-order valence-corrected chi connectivity index (χ0v) is 16.3. The number of benzene rings is 3. The molecule has 0 aliphatic carbocycles. The number of piperazine rings is 1. The van der Waals surface area contributed by atoms with E-state index in [1.165, 1.54) is 0 Å². The Labute approximate surface area is 171 Å². The second kappa shape index (κ2) is 8.84. The van der Waals surface area contributed by atoms with Gasteiger partial charge in [-0.1, -0.05) is 72.8 Å². The molecule has 3 aromatic rings. The summed E-state index contributed by atoms with van der Waals surface area (Å²) in [6.45, 7) is 3.11. The summed E-state index contributed by atoms with van der Waals surface area (Å²) < 4.78 is 0. The molecular formula is C25H24N2O2. The number of ketones is 1. The molecule has 4 rings (SSSR count). The molecule has 1 fully saturated rings. The molecular weight excluding hydrogens is 360 g/mol. The van der Waals surface area contributed by atoms with Crippen molar-refractivity contribution >= 4 is 11.7 Å². The number of hydrogen-bond acceptors (Lipinski definition) is 3. The molecule has 0 aromatic heterocycles. The Morgan fingerprint density at radius 1 is 0.621 bits per heavy atom. The topological polar surface area (TPSA) is 40.6 Å². The van der Waals surface area contributed by atoms with Crippen LogP contribution in [0.2, 0.25) is 0 Å². The summed E-state index contributed by atoms with van der Waals surface area (Å²) in [5, 5.41) is 0. The van der Waals surface area contributed by atoms with Crippen molar-refractivity contribution in [3.05, 3.63) is 96.1 Å². The lowest BCUT2D eigenvalue weighted by molar-refractivity contribution is 0.0624. The summed E-state index contributed by atoms with van der Waals surface area (Å²) >= 11 is 0. The van der Waals surface area contributed by atoms with Gasteiger partial charge < -0.3 is 4.90 Å². The number of carbonyl (C=O) groups excluding carboxylic acids is 2. The average molecular weight is 384 g/mol. The summed E-state index contributed by atoms with van der Waals surface area (Å²) in [7, 11) is 0. The molecule has 0 spiro atoms. The van der Waals surface area contributed by atoms with E-state index in [0.29, 0.717) is 38.3 Å². The van der Waals surface area contributed by atoms with Gasteiger partial charge in [-0.3, -0.25) is 14.5 Å². The number of Topliss-reactive ketones (excluding diaryl/α,β-unsaturated/α-hetero) is 1. The Morgan fingerprint density at radius 2 is 1.17 bits per heavy atom. The average Bonchev–Trinajstić information content (AvgIpc) is 2.80. The van der Waals surface area contributed by atoms with E-state index in [2.05, 4.69) is 17.0 Å². The first-order chi connectivity index (χ1) is 14.2. The summed E-state index contributed by atoms with van der Waals surface area (Å²) in [6.07, 6.45) is 0. The SMILES string of the molecule is O=C(CN1CCN(C(=O)c2ccc(-c3ccccc3)cc2)CC1)c1ccccc1. The van der Waals surface area contributed by atoms with Gasteiger partial charge in [-0.05, 0) is 23.3 Å². The van der Waals surface area contributed by atoms with Crippen LogP contribution in [0, 0.1) is 0 Å². The highest BCUT2D eigenvalue weighted by Gasteiger charge is 2.23. The first-order valence-electron chi connectivity index (χ1n) is 9.96. The predicted molar refractivity (Wildman–Crippen MR) is 115 cm³/mol. The van der Waals surface area contributed by atoms with Crippen molar-refractivity contribution in [2.45, 2.75) is 0 Å². The van der Waals surface area contributed by atoms with Crippen LogP contribution in [0.1, 0.15) is 20.7 Å². The Kier molecular flexibility index (Phi) is 5.82. The van der Waals surface area contributed by atoms with E-state index in [0.717, 1.165) is 16.7 Å². The molecule has 0 unspecified atom stereocenters. The standard InChI is InChI=1S/C25H24N2O2/c28-24(22-9-5-2-6-10-22)19-26-15-17-27(18-16-26)25(29)23-13-11-21(12-14-23)20-7-3-1-4-8-20/h1-14H,15-19H2. The maximum Gasteiger partial charge on any atom is 0.253 e. The van der Waals surface area contributed by atoms with E-state index in [4.69, 9.17) is 0 Å². The fourth-order valence-corrected chi connectivity index (χ4v) is 3.65. The van der Waals surface area contributed by atoms with Gasteiger partial charge in [0, 0.05) is 37.3 Å². The number of hydrogen-bond donors (Lipinski definition) is 0. The third-order valence-electron chi connectivity index (χ3n) is 5.36. The molecule has 3 aromatic carbocycles. The molecule has 1 heterocycles. The molecule has 29 heavy (non-hydrogen) atoms. The van der Waals surface area contributed by atoms with Gasteiger partial charge in [-0.15, -0.1) is 0 Å². The van der Waals surface area contributed by atoms with Crippen molar-refractivity contribution < 1.29 is 9.59 Å². The number of nitrogens with zero attached hydrogens (tertiary/aromatic N) is 2. The summed E-state index contributed by atoms with van der Waals surface area (Å²) in [5.41, 5.74) is 3.69. The first-order valence-corrected chi connectivity index (χ1v) is 9.96. The van der Waals surface area contributed by atoms with Gasteiger partial charge in [0.1, 0.15) is 0 Å². The molecule has 0 saturated carbocycles. The van der Waals surface area contributed by atoms with Gasteiger partial charge in [0.2, 0.25) is 0 Å². The van der Waals surface area contributed by atoms with Crippen LogP contribution in [0.25, 0.3) is 11.1 Å². The highest BCUT2D eigenvalue weighted by atomic mass is 16.2. The third-order valence-corrected chi connectivity index (χ3v) is 5.36. The van der Waals surface area contributed by atoms with Crippen LogP contribution >= 0.6 is 0 Å². The van der Waals surface area contributed by atoms with Gasteiger partial charge in [0.15, 0.2) is 5.78 Å². The quantitative estimate of drug-likeness (QED) is 0.625. The van der Waals surface area contributed by atoms with Crippen molar-refractivity contribution in [1.82, 2.24) is 9.80 Å². The summed E-state index contributed by atoms with van der Waals surface area (Å²) in [4.78, 5) is 29.2. The smallest absolute Gasteiger partial charge is 0.253 e. The highest BCUT2D eigenvalue weighted by molar-refractivity contribution is 5.97. The third kappa shape index (κ3) is 4.61. The van der Waals surface area contributed by atoms with Crippen LogP contribution in [0.4, 0.5) is 0 Å². The molecule has 1 saturated heterocycles. The van der Waals surface area contributed by atoms with E-state index < -0.39 is 0 Å². The van der Waals surface area contributed by atoms with Gasteiger partial charge in [0.05, 0.1) is 6.54 Å². The minimum Gasteiger partial charge on any atom is -0.336 e. The number of carbonyl (C=O) groups is 2. The van der Waals surface area contributed by atoms with Crippen molar-refractivity contribution in [1.29, 1.82) is 0 Å². The molecule has 1 aliphatic heterocycles. The van der Waals surface area contributed by atoms with Crippen LogP contribution in [0.3, 0.4) is 0 Å². The maximum absolute atomic E-state index is 12.8. The van der Waals surface area contributed by atoms with Crippen molar-refractivity contribution in [2.24, 2.45) is 0 Å². The fourth-order valence-electron chi connectivity index (χ4n) is 3.65. The van der Waals surface area contributed by atoms with Crippen LogP contribution < -0.4 is 0 Å². The van der Waals surface area contributed by atoms with Crippen molar-refractivity contribution in [3.8, 4) is 11.1 Å². The number of amides is 1. The highest BCUT2D eigenvalue weighted by Crippen LogP contribution is 2.20. The Bertz CT molecular complexity index is 961. The normalized spacial score (nSPS) is 14.6. The second-order valence-electron chi connectivity index (χ2n) is 7.30. The van der Waals surface area contributed by atoms with E-state index in [-0.39, 0.29) is 11.7 Å². The van der Waals surface area contributed by atoms with Crippen molar-refractivity contribution in [2.75, 3.05) is 32.7 Å². The lowest BCUT2D eigenvalue weighted by atomic mass is 10.0. The molecule has 0 atom stereocenters. The Morgan fingerprint density at radius 3 is 1.79 bits per heavy atom. The second-order valence-corrected chi connectivity index (χ2v) is 7.30. The van der Waals surface area contributed by atoms with Crippen LogP contribution in [-0.2, 0) is 0 Å². The largest absolute Gasteiger partial charge is 0.336 e. The van der Waals surface area contributed by atoms with E-state index in [9.17, 15) is 9.59 Å². The van der Waals surface area contributed by atoms with Gasteiger partial charge in [-0.25, -0.2) is 0 Å². The van der Waals surface area contributed by atoms with E-state index >= 15 is 0 Å². The zero-order valence-electron chi connectivity index (χ0n) is 16.3. The molecule has 0 bridgehead atoms. The van der Waals surface area contributed by atoms with E-state index in [1.807, 2.05) is 77.7 Å². The molecule has 0 N–H and O–H groups in total. The Balaban J connectivity index is 1.32. The monoisotopic (exact) mass is 384 g/mol. The molecule has 1 amide bonds. The van der Waals surface area contributed by atoms with Crippen molar-refractivity contribution in [3.63, 3.8) is 0 Å². The van der Waals surface area contributed by atoms with Crippen LogP contribution in [0.15, 0.2) is 84.9 Å². The lowest BCUT2D eigenvalue weighted by Crippen LogP contribution is -2.49. The van der Waals surface area contributed by atoms with Gasteiger partial charge in [0.25, 0.3) is 5.91 Å². The predicted octanol–water partition coefficient (Wildman–Crippen LogP) is 3.99. The zero-order chi connectivity index (χ0) is 20.1. The summed E-state index contributed by atoms with van der Waals surface area (Å²) in [6, 6.07) is 27.3. The number of rotatable bonds is 5. The lowest BCUT2D eigenvalue weighted by Gasteiger charge is -2.34.